The Hall–Kier alpha value is -1.20. The highest BCUT2D eigenvalue weighted by Gasteiger charge is 2.14. The summed E-state index contributed by atoms with van der Waals surface area (Å²) in [6.45, 7) is 3.90. The first-order valence-corrected chi connectivity index (χ1v) is 7.90. The minimum absolute atomic E-state index is 0.0563. The highest BCUT2D eigenvalue weighted by molar-refractivity contribution is 8.00. The molecule has 0 heterocycles. The van der Waals surface area contributed by atoms with Crippen LogP contribution >= 0.6 is 23.4 Å². The summed E-state index contributed by atoms with van der Waals surface area (Å²) < 4.78 is 0. The van der Waals surface area contributed by atoms with Gasteiger partial charge >= 0.3 is 0 Å². The molecule has 0 saturated carbocycles. The zero-order valence-electron chi connectivity index (χ0n) is 11.6. The predicted molar refractivity (Wildman–Crippen MR) is 82.5 cm³/mol. The van der Waals surface area contributed by atoms with Gasteiger partial charge in [0.15, 0.2) is 0 Å². The maximum Gasteiger partial charge on any atom is 0.248 e. The van der Waals surface area contributed by atoms with E-state index in [4.69, 9.17) is 11.6 Å². The minimum Gasteiger partial charge on any atom is -0.273 e. The van der Waals surface area contributed by atoms with E-state index in [-0.39, 0.29) is 23.5 Å². The maximum absolute atomic E-state index is 11.7. The van der Waals surface area contributed by atoms with Crippen molar-refractivity contribution in [1.29, 1.82) is 0 Å². The molecule has 1 aromatic carbocycles. The van der Waals surface area contributed by atoms with Gasteiger partial charge in [-0.2, -0.15) is 0 Å². The van der Waals surface area contributed by atoms with Gasteiger partial charge in [0.2, 0.25) is 11.8 Å². The zero-order chi connectivity index (χ0) is 15.0. The van der Waals surface area contributed by atoms with Crippen LogP contribution in [0.2, 0.25) is 5.02 Å². The largest absolute Gasteiger partial charge is 0.273 e. The molecular weight excluding hydrogens is 296 g/mol. The van der Waals surface area contributed by atoms with Crippen LogP contribution in [-0.2, 0) is 9.59 Å². The molecule has 0 atom stereocenters. The van der Waals surface area contributed by atoms with Crippen LogP contribution in [0, 0.1) is 5.92 Å². The molecular formula is C14H19ClN2O2S. The van der Waals surface area contributed by atoms with Gasteiger partial charge < -0.3 is 0 Å². The lowest BCUT2D eigenvalue weighted by Crippen LogP contribution is -2.45. The van der Waals surface area contributed by atoms with Gasteiger partial charge in [0.05, 0.1) is 5.75 Å². The zero-order valence-corrected chi connectivity index (χ0v) is 13.2. The van der Waals surface area contributed by atoms with Crippen LogP contribution in [0.15, 0.2) is 29.2 Å². The monoisotopic (exact) mass is 314 g/mol. The maximum atomic E-state index is 11.7. The topological polar surface area (TPSA) is 58.2 Å². The molecule has 0 aliphatic carbocycles. The van der Waals surface area contributed by atoms with E-state index < -0.39 is 0 Å². The third-order valence-corrected chi connectivity index (χ3v) is 4.13. The van der Waals surface area contributed by atoms with E-state index in [1.165, 1.54) is 11.8 Å². The molecule has 0 fully saturated rings. The average molecular weight is 315 g/mol. The van der Waals surface area contributed by atoms with Gasteiger partial charge in [-0.05, 0) is 37.1 Å². The molecule has 2 amide bonds. The van der Waals surface area contributed by atoms with Crippen molar-refractivity contribution in [3.63, 3.8) is 0 Å². The number of hydrogen-bond donors (Lipinski definition) is 2. The molecule has 0 aromatic heterocycles. The van der Waals surface area contributed by atoms with Crippen LogP contribution in [0.4, 0.5) is 0 Å². The van der Waals surface area contributed by atoms with Gasteiger partial charge in [0, 0.05) is 15.8 Å². The van der Waals surface area contributed by atoms with Crippen LogP contribution in [-0.4, -0.2) is 17.6 Å². The Labute approximate surface area is 128 Å². The van der Waals surface area contributed by atoms with Gasteiger partial charge in [0.1, 0.15) is 0 Å². The fraction of sp³-hybridized carbons (Fsp3) is 0.429. The van der Waals surface area contributed by atoms with Crippen LogP contribution in [0.25, 0.3) is 0 Å². The van der Waals surface area contributed by atoms with E-state index in [9.17, 15) is 9.59 Å². The van der Waals surface area contributed by atoms with Crippen molar-refractivity contribution < 1.29 is 9.59 Å². The summed E-state index contributed by atoms with van der Waals surface area (Å²) >= 11 is 7.17. The first kappa shape index (κ1) is 16.9. The van der Waals surface area contributed by atoms with Crippen LogP contribution in [0.1, 0.15) is 26.7 Å². The molecule has 110 valence electrons. The Morgan fingerprint density at radius 1 is 1.15 bits per heavy atom. The van der Waals surface area contributed by atoms with Gasteiger partial charge in [-0.3, -0.25) is 20.4 Å². The molecule has 2 N–H and O–H groups in total. The summed E-state index contributed by atoms with van der Waals surface area (Å²) in [6, 6.07) is 7.25. The molecule has 4 nitrogen and oxygen atoms in total. The Kier molecular flexibility index (Phi) is 7.47. The Bertz CT molecular complexity index is 447. The SMILES string of the molecule is CCC(CC)C(=O)NNC(=O)CSc1ccc(Cl)cc1. The second kappa shape index (κ2) is 8.87. The highest BCUT2D eigenvalue weighted by Crippen LogP contribution is 2.19. The summed E-state index contributed by atoms with van der Waals surface area (Å²) in [4.78, 5) is 24.2. The van der Waals surface area contributed by atoms with Crippen molar-refractivity contribution >= 4 is 35.2 Å². The number of carbonyl (C=O) groups is 2. The fourth-order valence-electron chi connectivity index (χ4n) is 1.61. The van der Waals surface area contributed by atoms with E-state index in [2.05, 4.69) is 10.9 Å². The molecule has 20 heavy (non-hydrogen) atoms. The molecule has 0 saturated heterocycles. The summed E-state index contributed by atoms with van der Waals surface area (Å²) in [5, 5.41) is 0.663. The Morgan fingerprint density at radius 3 is 2.30 bits per heavy atom. The van der Waals surface area contributed by atoms with Crippen molar-refractivity contribution in [3.8, 4) is 0 Å². The number of amides is 2. The Balaban J connectivity index is 2.30. The number of nitrogens with one attached hydrogen (secondary N) is 2. The van der Waals surface area contributed by atoms with Crippen molar-refractivity contribution in [2.24, 2.45) is 5.92 Å². The molecule has 6 heteroatoms. The normalized spacial score (nSPS) is 10.4. The third kappa shape index (κ3) is 5.84. The smallest absolute Gasteiger partial charge is 0.248 e. The number of rotatable bonds is 6. The van der Waals surface area contributed by atoms with E-state index in [0.29, 0.717) is 5.02 Å². The van der Waals surface area contributed by atoms with E-state index in [1.54, 1.807) is 12.1 Å². The quantitative estimate of drug-likeness (QED) is 0.627. The highest BCUT2D eigenvalue weighted by atomic mass is 35.5. The van der Waals surface area contributed by atoms with Crippen molar-refractivity contribution in [3.05, 3.63) is 29.3 Å². The second-order valence-corrected chi connectivity index (χ2v) is 5.78. The molecule has 1 rings (SSSR count). The summed E-state index contributed by atoms with van der Waals surface area (Å²) in [5.41, 5.74) is 4.88. The molecule has 0 spiro atoms. The van der Waals surface area contributed by atoms with Crippen LogP contribution < -0.4 is 10.9 Å². The average Bonchev–Trinajstić information content (AvgIpc) is 2.45. The number of benzene rings is 1. The molecule has 0 bridgehead atoms. The van der Waals surface area contributed by atoms with Crippen LogP contribution in [0.3, 0.4) is 0 Å². The molecule has 0 aliphatic rings. The lowest BCUT2D eigenvalue weighted by molar-refractivity contribution is -0.130. The third-order valence-electron chi connectivity index (χ3n) is 2.87. The van der Waals surface area contributed by atoms with E-state index in [0.717, 1.165) is 17.7 Å². The Morgan fingerprint density at radius 2 is 1.75 bits per heavy atom. The lowest BCUT2D eigenvalue weighted by Gasteiger charge is -2.13. The van der Waals surface area contributed by atoms with Crippen molar-refractivity contribution in [1.82, 2.24) is 10.9 Å². The number of hydrogen-bond acceptors (Lipinski definition) is 3. The first-order chi connectivity index (χ1) is 9.56. The van der Waals surface area contributed by atoms with E-state index >= 15 is 0 Å². The predicted octanol–water partition coefficient (Wildman–Crippen LogP) is 3.02. The van der Waals surface area contributed by atoms with Gasteiger partial charge in [-0.25, -0.2) is 0 Å². The number of thioether (sulfide) groups is 1. The standard InChI is InChI=1S/C14H19ClN2O2S/c1-3-10(4-2)14(19)17-16-13(18)9-20-12-7-5-11(15)6-8-12/h5-8,10H,3-4,9H2,1-2H3,(H,16,18)(H,17,19). The van der Waals surface area contributed by atoms with Crippen molar-refractivity contribution in [2.75, 3.05) is 5.75 Å². The van der Waals surface area contributed by atoms with Gasteiger partial charge in [-0.1, -0.05) is 25.4 Å². The fourth-order valence-corrected chi connectivity index (χ4v) is 2.43. The molecule has 0 unspecified atom stereocenters. The number of carbonyl (C=O) groups excluding carboxylic acids is 2. The lowest BCUT2D eigenvalue weighted by atomic mass is 10.0. The molecule has 1 aromatic rings. The van der Waals surface area contributed by atoms with Gasteiger partial charge in [-0.15, -0.1) is 11.8 Å². The van der Waals surface area contributed by atoms with Gasteiger partial charge in [0.25, 0.3) is 0 Å². The van der Waals surface area contributed by atoms with Crippen molar-refractivity contribution in [2.45, 2.75) is 31.6 Å². The summed E-state index contributed by atoms with van der Waals surface area (Å²) in [5.74, 6) is -0.187. The summed E-state index contributed by atoms with van der Waals surface area (Å²) in [7, 11) is 0. The first-order valence-electron chi connectivity index (χ1n) is 6.53. The molecule has 0 aliphatic heterocycles. The molecule has 0 radical (unpaired) electrons. The summed E-state index contributed by atoms with van der Waals surface area (Å²) in [6.07, 6.45) is 1.52. The second-order valence-electron chi connectivity index (χ2n) is 4.29. The number of hydrazine groups is 1. The minimum atomic E-state index is -0.232. The van der Waals surface area contributed by atoms with E-state index in [1.807, 2.05) is 26.0 Å². The van der Waals surface area contributed by atoms with Crippen LogP contribution in [0.5, 0.6) is 0 Å². The number of halogens is 1.